The van der Waals surface area contributed by atoms with Crippen molar-refractivity contribution in [2.75, 3.05) is 20.3 Å². The SMILES string of the molecule is CCCCN/C=C1\C(=O)O[C@H](COC)[C@@]2(C)C1=C(O)C(=O)C1=C2[C@H](OC(C)=O)C[C@]2(C)C(=O)CC[C@@H]12. The molecule has 9 heteroatoms. The molecule has 9 nitrogen and oxygen atoms in total. The van der Waals surface area contributed by atoms with Gasteiger partial charge in [0.25, 0.3) is 0 Å². The number of ketones is 2. The highest BCUT2D eigenvalue weighted by atomic mass is 16.6. The van der Waals surface area contributed by atoms with E-state index in [0.29, 0.717) is 30.5 Å². The van der Waals surface area contributed by atoms with Crippen molar-refractivity contribution < 1.29 is 38.5 Å². The van der Waals surface area contributed by atoms with E-state index in [0.717, 1.165) is 12.8 Å². The molecule has 0 aromatic rings. The first-order chi connectivity index (χ1) is 17.0. The number of unbranched alkanes of at least 4 members (excludes halogenated alkanes) is 1. The highest BCUT2D eigenvalue weighted by molar-refractivity contribution is 6.14. The molecule has 36 heavy (non-hydrogen) atoms. The zero-order valence-corrected chi connectivity index (χ0v) is 21.6. The highest BCUT2D eigenvalue weighted by Crippen LogP contribution is 2.62. The summed E-state index contributed by atoms with van der Waals surface area (Å²) in [4.78, 5) is 52.1. The van der Waals surface area contributed by atoms with Crippen molar-refractivity contribution >= 4 is 23.5 Å². The molecule has 0 aromatic heterocycles. The summed E-state index contributed by atoms with van der Waals surface area (Å²) in [5, 5.41) is 14.5. The molecule has 2 N–H and O–H groups in total. The van der Waals surface area contributed by atoms with Gasteiger partial charge >= 0.3 is 11.9 Å². The van der Waals surface area contributed by atoms with Crippen LogP contribution in [0.1, 0.15) is 59.8 Å². The quantitative estimate of drug-likeness (QED) is 0.307. The van der Waals surface area contributed by atoms with Gasteiger partial charge in [-0.3, -0.25) is 14.4 Å². The zero-order chi connectivity index (χ0) is 26.4. The maximum absolute atomic E-state index is 13.8. The van der Waals surface area contributed by atoms with E-state index in [2.05, 4.69) is 5.32 Å². The van der Waals surface area contributed by atoms with Gasteiger partial charge < -0.3 is 24.6 Å². The molecular formula is C27H35NO8. The van der Waals surface area contributed by atoms with E-state index in [4.69, 9.17) is 14.2 Å². The lowest BCUT2D eigenvalue weighted by Gasteiger charge is -2.53. The first kappa shape index (κ1) is 26.1. The minimum atomic E-state index is -1.22. The second-order valence-electron chi connectivity index (χ2n) is 10.5. The molecule has 5 atom stereocenters. The van der Waals surface area contributed by atoms with Crippen molar-refractivity contribution in [2.24, 2.45) is 16.7 Å². The Morgan fingerprint density at radius 1 is 1.28 bits per heavy atom. The first-order valence-electron chi connectivity index (χ1n) is 12.6. The average Bonchev–Trinajstić information content (AvgIpc) is 3.10. The second kappa shape index (κ2) is 9.50. The summed E-state index contributed by atoms with van der Waals surface area (Å²) in [6.07, 6.45) is 2.48. The van der Waals surface area contributed by atoms with Gasteiger partial charge in [-0.05, 0) is 25.3 Å². The van der Waals surface area contributed by atoms with Crippen LogP contribution in [0.3, 0.4) is 0 Å². The van der Waals surface area contributed by atoms with Gasteiger partial charge in [-0.1, -0.05) is 20.3 Å². The van der Waals surface area contributed by atoms with E-state index in [1.807, 2.05) is 6.92 Å². The number of ether oxygens (including phenoxy) is 3. The van der Waals surface area contributed by atoms with Gasteiger partial charge in [-0.25, -0.2) is 4.79 Å². The number of hydrogen-bond acceptors (Lipinski definition) is 9. The maximum Gasteiger partial charge on any atom is 0.340 e. The van der Waals surface area contributed by atoms with Crippen molar-refractivity contribution in [3.05, 3.63) is 34.3 Å². The summed E-state index contributed by atoms with van der Waals surface area (Å²) in [5.41, 5.74) is -1.15. The monoisotopic (exact) mass is 501 g/mol. The number of fused-ring (bicyclic) bond motifs is 4. The molecule has 2 fully saturated rings. The molecular weight excluding hydrogens is 466 g/mol. The Hall–Kier alpha value is -2.94. The Labute approximate surface area is 210 Å². The Balaban J connectivity index is 1.96. The van der Waals surface area contributed by atoms with Crippen molar-refractivity contribution in [2.45, 2.75) is 72.0 Å². The normalized spacial score (nSPS) is 34.9. The summed E-state index contributed by atoms with van der Waals surface area (Å²) in [6.45, 7) is 7.50. The van der Waals surface area contributed by atoms with Crippen molar-refractivity contribution in [1.29, 1.82) is 0 Å². The third-order valence-corrected chi connectivity index (χ3v) is 8.34. The van der Waals surface area contributed by atoms with E-state index >= 15 is 0 Å². The number of nitrogens with one attached hydrogen (secondary N) is 1. The molecule has 0 amide bonds. The van der Waals surface area contributed by atoms with E-state index < -0.39 is 52.4 Å². The fourth-order valence-corrected chi connectivity index (χ4v) is 6.55. The Bertz CT molecular complexity index is 1100. The van der Waals surface area contributed by atoms with E-state index in [-0.39, 0.29) is 30.0 Å². The lowest BCUT2D eigenvalue weighted by atomic mass is 9.53. The number of allylic oxidation sites excluding steroid dienone is 1. The van der Waals surface area contributed by atoms with Crippen molar-refractivity contribution in [1.82, 2.24) is 5.32 Å². The van der Waals surface area contributed by atoms with Gasteiger partial charge in [0, 0.05) is 62.1 Å². The predicted molar refractivity (Wildman–Crippen MR) is 129 cm³/mol. The third kappa shape index (κ3) is 3.79. The smallest absolute Gasteiger partial charge is 0.340 e. The number of esters is 2. The number of hydrogen-bond donors (Lipinski definition) is 2. The molecule has 1 aliphatic heterocycles. The number of aliphatic hydroxyl groups is 1. The number of carbonyl (C=O) groups excluding carboxylic acids is 4. The molecule has 0 unspecified atom stereocenters. The Morgan fingerprint density at radius 3 is 2.64 bits per heavy atom. The second-order valence-corrected chi connectivity index (χ2v) is 10.5. The average molecular weight is 502 g/mol. The third-order valence-electron chi connectivity index (χ3n) is 8.34. The van der Waals surface area contributed by atoms with Crippen LogP contribution >= 0.6 is 0 Å². The van der Waals surface area contributed by atoms with Gasteiger partial charge in [-0.15, -0.1) is 0 Å². The summed E-state index contributed by atoms with van der Waals surface area (Å²) in [5.74, 6) is -2.84. The minimum Gasteiger partial charge on any atom is -0.504 e. The van der Waals surface area contributed by atoms with Gasteiger partial charge in [0.15, 0.2) is 5.76 Å². The molecule has 4 rings (SSSR count). The number of carbonyl (C=O) groups is 4. The maximum atomic E-state index is 13.8. The molecule has 0 bridgehead atoms. The number of methoxy groups -OCH3 is 1. The molecule has 0 aromatic carbocycles. The Kier molecular flexibility index (Phi) is 6.90. The van der Waals surface area contributed by atoms with Crippen LogP contribution in [-0.4, -0.2) is 61.1 Å². The highest BCUT2D eigenvalue weighted by Gasteiger charge is 2.64. The first-order valence-corrected chi connectivity index (χ1v) is 12.6. The number of aliphatic hydroxyl groups excluding tert-OH is 1. The van der Waals surface area contributed by atoms with Gasteiger partial charge in [-0.2, -0.15) is 0 Å². The number of cyclic esters (lactones) is 1. The zero-order valence-electron chi connectivity index (χ0n) is 21.6. The summed E-state index contributed by atoms with van der Waals surface area (Å²) in [6, 6.07) is 0. The molecule has 4 aliphatic rings. The largest absolute Gasteiger partial charge is 0.504 e. The number of Topliss-reactive ketones (excluding diaryl/α,β-unsaturated/α-hetero) is 2. The van der Waals surface area contributed by atoms with Crippen LogP contribution < -0.4 is 5.32 Å². The molecule has 3 aliphatic carbocycles. The van der Waals surface area contributed by atoms with Crippen LogP contribution in [0.25, 0.3) is 0 Å². The Morgan fingerprint density at radius 2 is 2.00 bits per heavy atom. The van der Waals surface area contributed by atoms with Crippen LogP contribution in [-0.2, 0) is 33.4 Å². The topological polar surface area (TPSA) is 128 Å². The number of rotatable bonds is 7. The van der Waals surface area contributed by atoms with E-state index in [9.17, 15) is 24.3 Å². The van der Waals surface area contributed by atoms with Crippen molar-refractivity contribution in [3.63, 3.8) is 0 Å². The van der Waals surface area contributed by atoms with Gasteiger partial charge in [0.1, 0.15) is 18.0 Å². The van der Waals surface area contributed by atoms with Crippen LogP contribution in [0.2, 0.25) is 0 Å². The van der Waals surface area contributed by atoms with E-state index in [1.165, 1.54) is 20.2 Å². The summed E-state index contributed by atoms with van der Waals surface area (Å²) >= 11 is 0. The van der Waals surface area contributed by atoms with Crippen LogP contribution in [0.5, 0.6) is 0 Å². The van der Waals surface area contributed by atoms with E-state index in [1.54, 1.807) is 13.8 Å². The summed E-state index contributed by atoms with van der Waals surface area (Å²) < 4.78 is 17.0. The molecule has 1 heterocycles. The molecule has 0 radical (unpaired) electrons. The fourth-order valence-electron chi connectivity index (χ4n) is 6.55. The van der Waals surface area contributed by atoms with Crippen molar-refractivity contribution in [3.8, 4) is 0 Å². The van der Waals surface area contributed by atoms with Crippen LogP contribution in [0.15, 0.2) is 34.3 Å². The lowest BCUT2D eigenvalue weighted by molar-refractivity contribution is -0.160. The van der Waals surface area contributed by atoms with Crippen LogP contribution in [0, 0.1) is 16.7 Å². The minimum absolute atomic E-state index is 0.00576. The standard InChI is InChI=1S/C27H35NO8/c1-6-7-10-28-12-15-21-24(32)23(31)20-16-8-9-18(30)26(16,3)11-17(35-14(2)29)22(20)27(21,4)19(13-34-5)36-25(15)33/h12,16-17,19,28,32H,6-11,13H2,1-5H3/b15-12-/t16-,17+,19+,26-,27-/m0/s1. The summed E-state index contributed by atoms with van der Waals surface area (Å²) in [7, 11) is 1.47. The predicted octanol–water partition coefficient (Wildman–Crippen LogP) is 2.85. The molecule has 1 saturated carbocycles. The van der Waals surface area contributed by atoms with Gasteiger partial charge in [0.05, 0.1) is 17.6 Å². The van der Waals surface area contributed by atoms with Crippen LogP contribution in [0.4, 0.5) is 0 Å². The molecule has 1 saturated heterocycles. The van der Waals surface area contributed by atoms with Gasteiger partial charge in [0.2, 0.25) is 5.78 Å². The lowest BCUT2D eigenvalue weighted by Crippen LogP contribution is -2.57. The molecule has 0 spiro atoms. The molecule has 196 valence electrons. The fraction of sp³-hybridized carbons (Fsp3) is 0.630.